The van der Waals surface area contributed by atoms with E-state index in [1.54, 1.807) is 51.1 Å². The summed E-state index contributed by atoms with van der Waals surface area (Å²) < 4.78 is 46.2. The third kappa shape index (κ3) is 5.48. The van der Waals surface area contributed by atoms with Gasteiger partial charge in [0.15, 0.2) is 0 Å². The number of benzene rings is 2. The molecular weight excluding hydrogens is 431 g/mol. The zero-order valence-corrected chi connectivity index (χ0v) is 19.0. The summed E-state index contributed by atoms with van der Waals surface area (Å²) in [5.74, 6) is -0.321. The summed E-state index contributed by atoms with van der Waals surface area (Å²) in [6, 6.07) is 14.4. The fourth-order valence-electron chi connectivity index (χ4n) is 4.22. The molecule has 33 heavy (non-hydrogen) atoms. The van der Waals surface area contributed by atoms with E-state index in [4.69, 9.17) is 10.00 Å². The lowest BCUT2D eigenvalue weighted by atomic mass is 10.0. The van der Waals surface area contributed by atoms with Crippen molar-refractivity contribution in [3.8, 4) is 6.07 Å². The lowest BCUT2D eigenvalue weighted by Crippen LogP contribution is -2.51. The minimum Gasteiger partial charge on any atom is -0.465 e. The molecule has 0 aromatic heterocycles. The zero-order valence-electron chi connectivity index (χ0n) is 19.0. The maximum absolute atomic E-state index is 13.6. The van der Waals surface area contributed by atoms with Crippen LogP contribution in [0.15, 0.2) is 48.5 Å². The van der Waals surface area contributed by atoms with Gasteiger partial charge in [-0.25, -0.2) is 0 Å². The van der Waals surface area contributed by atoms with Crippen LogP contribution in [0, 0.1) is 11.3 Å². The van der Waals surface area contributed by atoms with E-state index in [0.29, 0.717) is 25.1 Å². The van der Waals surface area contributed by atoms with E-state index in [-0.39, 0.29) is 30.7 Å². The van der Waals surface area contributed by atoms with E-state index in [0.717, 1.165) is 11.8 Å². The largest absolute Gasteiger partial charge is 0.465 e. The summed E-state index contributed by atoms with van der Waals surface area (Å²) >= 11 is 0. The van der Waals surface area contributed by atoms with Crippen LogP contribution in [0.4, 0.5) is 18.9 Å². The number of anilines is 1. The van der Waals surface area contributed by atoms with Crippen LogP contribution >= 0.6 is 0 Å². The molecular formula is C25H28F3N3O2. The average Bonchev–Trinajstić information content (AvgIpc) is 3.28. The van der Waals surface area contributed by atoms with Crippen molar-refractivity contribution in [2.75, 3.05) is 24.6 Å². The lowest BCUT2D eigenvalue weighted by Gasteiger charge is -2.36. The smallest absolute Gasteiger partial charge is 0.416 e. The van der Waals surface area contributed by atoms with Crippen molar-refractivity contribution in [1.29, 1.82) is 5.26 Å². The number of hydrogen-bond acceptors (Lipinski definition) is 5. The molecule has 0 unspecified atom stereocenters. The SMILES string of the molecule is CCOC(=O)C(C)(C)N1CC[C@H](N(Cc2ccccc2C(F)(F)F)c2ccc(C#N)cc2)C1. The molecule has 0 bridgehead atoms. The Morgan fingerprint density at radius 2 is 1.85 bits per heavy atom. The summed E-state index contributed by atoms with van der Waals surface area (Å²) in [6.07, 6.45) is -3.78. The Morgan fingerprint density at radius 1 is 1.18 bits per heavy atom. The number of carbonyl (C=O) groups excluding carboxylic acids is 1. The Labute approximate surface area is 192 Å². The van der Waals surface area contributed by atoms with Crippen molar-refractivity contribution in [2.45, 2.75) is 51.5 Å². The van der Waals surface area contributed by atoms with Gasteiger partial charge in [0, 0.05) is 31.4 Å². The van der Waals surface area contributed by atoms with Crippen LogP contribution in [-0.2, 0) is 22.3 Å². The van der Waals surface area contributed by atoms with Crippen LogP contribution in [0.2, 0.25) is 0 Å². The highest BCUT2D eigenvalue weighted by atomic mass is 19.4. The number of likely N-dealkylation sites (tertiary alicyclic amines) is 1. The molecule has 2 aromatic carbocycles. The van der Waals surface area contributed by atoms with Gasteiger partial charge in [-0.3, -0.25) is 9.69 Å². The average molecular weight is 460 g/mol. The van der Waals surface area contributed by atoms with Crippen LogP contribution in [-0.4, -0.2) is 42.1 Å². The van der Waals surface area contributed by atoms with Gasteiger partial charge in [0.05, 0.1) is 23.8 Å². The Hall–Kier alpha value is -3.05. The van der Waals surface area contributed by atoms with E-state index in [1.807, 2.05) is 9.80 Å². The molecule has 1 aliphatic rings. The summed E-state index contributed by atoms with van der Waals surface area (Å²) in [7, 11) is 0. The minimum absolute atomic E-state index is 0.0555. The number of hydrogen-bond donors (Lipinski definition) is 0. The predicted molar refractivity (Wildman–Crippen MR) is 119 cm³/mol. The van der Waals surface area contributed by atoms with Crippen molar-refractivity contribution in [3.05, 3.63) is 65.2 Å². The van der Waals surface area contributed by atoms with Gasteiger partial charge in [0.2, 0.25) is 0 Å². The van der Waals surface area contributed by atoms with E-state index in [9.17, 15) is 18.0 Å². The first-order chi connectivity index (χ1) is 15.6. The Bertz CT molecular complexity index is 1010. The molecule has 0 spiro atoms. The third-order valence-corrected chi connectivity index (χ3v) is 6.16. The van der Waals surface area contributed by atoms with Gasteiger partial charge in [0.25, 0.3) is 0 Å². The van der Waals surface area contributed by atoms with Crippen molar-refractivity contribution in [2.24, 2.45) is 0 Å². The van der Waals surface area contributed by atoms with Gasteiger partial charge in [-0.2, -0.15) is 18.4 Å². The van der Waals surface area contributed by atoms with Gasteiger partial charge in [-0.1, -0.05) is 18.2 Å². The number of esters is 1. The molecule has 0 saturated carbocycles. The van der Waals surface area contributed by atoms with Gasteiger partial charge >= 0.3 is 12.1 Å². The van der Waals surface area contributed by atoms with E-state index < -0.39 is 17.3 Å². The second-order valence-corrected chi connectivity index (χ2v) is 8.61. The summed E-state index contributed by atoms with van der Waals surface area (Å²) in [5, 5.41) is 9.12. The highest BCUT2D eigenvalue weighted by Crippen LogP contribution is 2.35. The molecule has 8 heteroatoms. The highest BCUT2D eigenvalue weighted by molar-refractivity contribution is 5.79. The van der Waals surface area contributed by atoms with Gasteiger partial charge in [-0.15, -0.1) is 0 Å². The maximum atomic E-state index is 13.6. The number of halogens is 3. The molecule has 176 valence electrons. The summed E-state index contributed by atoms with van der Waals surface area (Å²) in [5.41, 5.74) is -0.120. The quantitative estimate of drug-likeness (QED) is 0.546. The molecule has 0 radical (unpaired) electrons. The molecule has 2 aromatic rings. The van der Waals surface area contributed by atoms with Crippen LogP contribution < -0.4 is 4.90 Å². The molecule has 0 amide bonds. The molecule has 0 aliphatic carbocycles. The van der Waals surface area contributed by atoms with Crippen LogP contribution in [0.1, 0.15) is 43.9 Å². The first-order valence-electron chi connectivity index (χ1n) is 10.9. The molecule has 1 saturated heterocycles. The van der Waals surface area contributed by atoms with E-state index in [1.165, 1.54) is 12.1 Å². The van der Waals surface area contributed by atoms with Gasteiger partial charge in [-0.05, 0) is 63.1 Å². The first kappa shape index (κ1) is 24.6. The lowest BCUT2D eigenvalue weighted by molar-refractivity contribution is -0.155. The standard InChI is InChI=1S/C25H28F3N3O2/c1-4-33-23(32)24(2,3)30-14-13-21(17-30)31(20-11-9-18(15-29)10-12-20)16-19-7-5-6-8-22(19)25(26,27)28/h5-12,21H,4,13-14,16-17H2,1-3H3/t21-/m0/s1. The molecule has 3 rings (SSSR count). The van der Waals surface area contributed by atoms with Crippen LogP contribution in [0.5, 0.6) is 0 Å². The molecule has 1 heterocycles. The summed E-state index contributed by atoms with van der Waals surface area (Å²) in [6.45, 7) is 6.82. The van der Waals surface area contributed by atoms with E-state index in [2.05, 4.69) is 6.07 Å². The zero-order chi connectivity index (χ0) is 24.2. The first-order valence-corrected chi connectivity index (χ1v) is 10.9. The summed E-state index contributed by atoms with van der Waals surface area (Å²) in [4.78, 5) is 16.4. The predicted octanol–water partition coefficient (Wildman–Crippen LogP) is 5.00. The molecule has 5 nitrogen and oxygen atoms in total. The van der Waals surface area contributed by atoms with Gasteiger partial charge in [0.1, 0.15) is 5.54 Å². The number of nitriles is 1. The minimum atomic E-state index is -4.46. The fraction of sp³-hybridized carbons (Fsp3) is 0.440. The fourth-order valence-corrected chi connectivity index (χ4v) is 4.22. The van der Waals surface area contributed by atoms with Crippen LogP contribution in [0.25, 0.3) is 0 Å². The number of nitrogens with zero attached hydrogens (tertiary/aromatic N) is 3. The van der Waals surface area contributed by atoms with Crippen molar-refractivity contribution in [1.82, 2.24) is 4.90 Å². The second kappa shape index (κ2) is 9.84. The molecule has 1 aliphatic heterocycles. The molecule has 0 N–H and O–H groups in total. The Kier molecular flexibility index (Phi) is 7.33. The second-order valence-electron chi connectivity index (χ2n) is 8.61. The van der Waals surface area contributed by atoms with Crippen molar-refractivity contribution >= 4 is 11.7 Å². The van der Waals surface area contributed by atoms with Crippen molar-refractivity contribution < 1.29 is 22.7 Å². The van der Waals surface area contributed by atoms with Crippen molar-refractivity contribution in [3.63, 3.8) is 0 Å². The Morgan fingerprint density at radius 3 is 2.45 bits per heavy atom. The normalized spacial score (nSPS) is 16.9. The molecule has 1 atom stereocenters. The number of rotatable bonds is 7. The highest BCUT2D eigenvalue weighted by Gasteiger charge is 2.42. The maximum Gasteiger partial charge on any atom is 0.416 e. The van der Waals surface area contributed by atoms with E-state index >= 15 is 0 Å². The topological polar surface area (TPSA) is 56.6 Å². The molecule has 1 fully saturated rings. The Balaban J connectivity index is 1.93. The van der Waals surface area contributed by atoms with Crippen LogP contribution in [0.3, 0.4) is 0 Å². The monoisotopic (exact) mass is 459 g/mol. The number of ether oxygens (including phenoxy) is 1. The number of alkyl halides is 3. The van der Waals surface area contributed by atoms with Gasteiger partial charge < -0.3 is 9.64 Å². The number of carbonyl (C=O) groups is 1. The third-order valence-electron chi connectivity index (χ3n) is 6.16.